The molecule has 5 nitrogen and oxygen atoms in total. The standard InChI is InChI=1S/C24H19FN2O3S/c25-18-10-8-16(9-11-18)20-13-12-19(30-20)15-26-24(29)22(17-5-2-1-3-6-17)27-23(28)21-7-4-14-31-21/h1-14,22H,15H2,(H,26,29)(H,27,28)/t22-/m1/s1. The summed E-state index contributed by atoms with van der Waals surface area (Å²) in [5.41, 5.74) is 1.42. The lowest BCUT2D eigenvalue weighted by Gasteiger charge is -2.18. The van der Waals surface area contributed by atoms with Crippen LogP contribution in [0.5, 0.6) is 0 Å². The van der Waals surface area contributed by atoms with Gasteiger partial charge in [-0.25, -0.2) is 4.39 Å². The Morgan fingerprint density at radius 2 is 1.71 bits per heavy atom. The van der Waals surface area contributed by atoms with E-state index in [0.29, 0.717) is 22.0 Å². The number of nitrogens with one attached hydrogen (secondary N) is 2. The highest BCUT2D eigenvalue weighted by molar-refractivity contribution is 7.12. The molecule has 0 fully saturated rings. The maximum Gasteiger partial charge on any atom is 0.262 e. The third kappa shape index (κ3) is 5.07. The van der Waals surface area contributed by atoms with Crippen LogP contribution in [0, 0.1) is 5.82 Å². The van der Waals surface area contributed by atoms with E-state index in [-0.39, 0.29) is 24.2 Å². The molecule has 0 saturated heterocycles. The predicted octanol–water partition coefficient (Wildman–Crippen LogP) is 4.93. The van der Waals surface area contributed by atoms with E-state index < -0.39 is 6.04 Å². The van der Waals surface area contributed by atoms with E-state index in [4.69, 9.17) is 4.42 Å². The summed E-state index contributed by atoms with van der Waals surface area (Å²) >= 11 is 1.31. The monoisotopic (exact) mass is 434 g/mol. The molecule has 2 aromatic heterocycles. The Hall–Kier alpha value is -3.71. The minimum atomic E-state index is -0.845. The number of carbonyl (C=O) groups is 2. The van der Waals surface area contributed by atoms with Gasteiger partial charge in [-0.3, -0.25) is 9.59 Å². The van der Waals surface area contributed by atoms with Gasteiger partial charge in [-0.15, -0.1) is 11.3 Å². The number of hydrogen-bond donors (Lipinski definition) is 2. The van der Waals surface area contributed by atoms with Gasteiger partial charge in [-0.1, -0.05) is 36.4 Å². The fourth-order valence-electron chi connectivity index (χ4n) is 3.07. The molecule has 7 heteroatoms. The lowest BCUT2D eigenvalue weighted by Crippen LogP contribution is -2.40. The van der Waals surface area contributed by atoms with Gasteiger partial charge in [0.25, 0.3) is 5.91 Å². The Morgan fingerprint density at radius 3 is 2.42 bits per heavy atom. The quantitative estimate of drug-likeness (QED) is 0.433. The van der Waals surface area contributed by atoms with Crippen molar-refractivity contribution in [2.24, 2.45) is 0 Å². The largest absolute Gasteiger partial charge is 0.459 e. The molecular formula is C24H19FN2O3S. The second-order valence-electron chi connectivity index (χ2n) is 6.79. The number of amides is 2. The summed E-state index contributed by atoms with van der Waals surface area (Å²) < 4.78 is 18.9. The van der Waals surface area contributed by atoms with Gasteiger partial charge in [-0.05, 0) is 53.4 Å². The van der Waals surface area contributed by atoms with Gasteiger partial charge in [-0.2, -0.15) is 0 Å². The molecule has 2 heterocycles. The third-order valence-electron chi connectivity index (χ3n) is 4.64. The van der Waals surface area contributed by atoms with E-state index in [1.54, 1.807) is 48.5 Å². The molecule has 4 rings (SSSR count). The SMILES string of the molecule is O=C(N[C@@H](C(=O)NCc1ccc(-c2ccc(F)cc2)o1)c1ccccc1)c1cccs1. The smallest absolute Gasteiger partial charge is 0.262 e. The molecule has 0 spiro atoms. The number of rotatable bonds is 7. The highest BCUT2D eigenvalue weighted by Crippen LogP contribution is 2.23. The maximum absolute atomic E-state index is 13.1. The molecule has 2 amide bonds. The predicted molar refractivity (Wildman–Crippen MR) is 117 cm³/mol. The van der Waals surface area contributed by atoms with Gasteiger partial charge in [0.15, 0.2) is 0 Å². The molecule has 0 aliphatic carbocycles. The minimum Gasteiger partial charge on any atom is -0.459 e. The normalized spacial score (nSPS) is 11.6. The van der Waals surface area contributed by atoms with Gasteiger partial charge < -0.3 is 15.1 Å². The van der Waals surface area contributed by atoms with Crippen LogP contribution in [0.15, 0.2) is 88.7 Å². The summed E-state index contributed by atoms with van der Waals surface area (Å²) in [5.74, 6) is 0.143. The second-order valence-corrected chi connectivity index (χ2v) is 7.73. The van der Waals surface area contributed by atoms with Crippen LogP contribution in [0.25, 0.3) is 11.3 Å². The molecule has 0 radical (unpaired) electrons. The molecule has 0 aliphatic rings. The molecule has 1 atom stereocenters. The molecule has 0 bridgehead atoms. The van der Waals surface area contributed by atoms with E-state index in [9.17, 15) is 14.0 Å². The Labute approximate surface area is 182 Å². The van der Waals surface area contributed by atoms with Crippen LogP contribution >= 0.6 is 11.3 Å². The molecule has 4 aromatic rings. The van der Waals surface area contributed by atoms with E-state index in [1.165, 1.54) is 23.5 Å². The van der Waals surface area contributed by atoms with Gasteiger partial charge in [0, 0.05) is 5.56 Å². The lowest BCUT2D eigenvalue weighted by atomic mass is 10.1. The van der Waals surface area contributed by atoms with Crippen molar-refractivity contribution in [2.75, 3.05) is 0 Å². The van der Waals surface area contributed by atoms with Gasteiger partial charge in [0.05, 0.1) is 11.4 Å². The molecule has 156 valence electrons. The van der Waals surface area contributed by atoms with Crippen LogP contribution < -0.4 is 10.6 Å². The molecule has 0 saturated carbocycles. The van der Waals surface area contributed by atoms with E-state index in [0.717, 1.165) is 5.56 Å². The van der Waals surface area contributed by atoms with Crippen LogP contribution in [0.2, 0.25) is 0 Å². The summed E-state index contributed by atoms with van der Waals surface area (Å²) in [7, 11) is 0. The summed E-state index contributed by atoms with van der Waals surface area (Å²) in [5, 5.41) is 7.43. The zero-order valence-corrected chi connectivity index (χ0v) is 17.2. The van der Waals surface area contributed by atoms with Crippen LogP contribution in [-0.2, 0) is 11.3 Å². The lowest BCUT2D eigenvalue weighted by molar-refractivity contribution is -0.123. The number of hydrogen-bond acceptors (Lipinski definition) is 4. The topological polar surface area (TPSA) is 71.3 Å². The highest BCUT2D eigenvalue weighted by atomic mass is 32.1. The van der Waals surface area contributed by atoms with Crippen molar-refractivity contribution >= 4 is 23.2 Å². The highest BCUT2D eigenvalue weighted by Gasteiger charge is 2.23. The Kier molecular flexibility index (Phi) is 6.24. The van der Waals surface area contributed by atoms with E-state index >= 15 is 0 Å². The Bertz CT molecular complexity index is 1160. The molecule has 2 aromatic carbocycles. The third-order valence-corrected chi connectivity index (χ3v) is 5.51. The second kappa shape index (κ2) is 9.40. The average molecular weight is 434 g/mol. The summed E-state index contributed by atoms with van der Waals surface area (Å²) in [6.07, 6.45) is 0. The van der Waals surface area contributed by atoms with Crippen LogP contribution in [0.1, 0.15) is 27.0 Å². The van der Waals surface area contributed by atoms with Crippen LogP contribution in [0.3, 0.4) is 0 Å². The first-order valence-electron chi connectivity index (χ1n) is 9.62. The number of carbonyl (C=O) groups excluding carboxylic acids is 2. The van der Waals surface area contributed by atoms with Crippen molar-refractivity contribution in [1.82, 2.24) is 10.6 Å². The van der Waals surface area contributed by atoms with E-state index in [2.05, 4.69) is 10.6 Å². The Balaban J connectivity index is 1.45. The number of furan rings is 1. The molecule has 0 aliphatic heterocycles. The van der Waals surface area contributed by atoms with Crippen molar-refractivity contribution in [3.8, 4) is 11.3 Å². The van der Waals surface area contributed by atoms with Crippen LogP contribution in [-0.4, -0.2) is 11.8 Å². The van der Waals surface area contributed by atoms with Crippen molar-refractivity contribution in [3.05, 3.63) is 106 Å². The fraction of sp³-hybridized carbons (Fsp3) is 0.0833. The summed E-state index contributed by atoms with van der Waals surface area (Å²) in [6, 6.07) is 21.2. The zero-order valence-electron chi connectivity index (χ0n) is 16.4. The molecule has 0 unspecified atom stereocenters. The van der Waals surface area contributed by atoms with Crippen molar-refractivity contribution in [2.45, 2.75) is 12.6 Å². The van der Waals surface area contributed by atoms with Crippen molar-refractivity contribution in [1.29, 1.82) is 0 Å². The molecular weight excluding hydrogens is 415 g/mol. The summed E-state index contributed by atoms with van der Waals surface area (Å²) in [4.78, 5) is 26.0. The molecule has 2 N–H and O–H groups in total. The van der Waals surface area contributed by atoms with Gasteiger partial charge >= 0.3 is 0 Å². The number of thiophene rings is 1. The van der Waals surface area contributed by atoms with E-state index in [1.807, 2.05) is 23.6 Å². The van der Waals surface area contributed by atoms with Gasteiger partial charge in [0.2, 0.25) is 5.91 Å². The van der Waals surface area contributed by atoms with Crippen molar-refractivity contribution in [3.63, 3.8) is 0 Å². The number of benzene rings is 2. The minimum absolute atomic E-state index is 0.151. The number of halogens is 1. The Morgan fingerprint density at radius 1 is 0.935 bits per heavy atom. The molecule has 31 heavy (non-hydrogen) atoms. The first-order chi connectivity index (χ1) is 15.1. The first kappa shape index (κ1) is 20.6. The zero-order chi connectivity index (χ0) is 21.6. The van der Waals surface area contributed by atoms with Crippen LogP contribution in [0.4, 0.5) is 4.39 Å². The average Bonchev–Trinajstić information content (AvgIpc) is 3.49. The summed E-state index contributed by atoms with van der Waals surface area (Å²) in [6.45, 7) is 0.151. The first-order valence-corrected chi connectivity index (χ1v) is 10.5. The van der Waals surface area contributed by atoms with Crippen molar-refractivity contribution < 1.29 is 18.4 Å². The maximum atomic E-state index is 13.1. The fourth-order valence-corrected chi connectivity index (χ4v) is 3.70. The van der Waals surface area contributed by atoms with Gasteiger partial charge in [0.1, 0.15) is 23.4 Å².